The van der Waals surface area contributed by atoms with E-state index in [1.807, 2.05) is 6.08 Å². The third kappa shape index (κ3) is 27.6. The molecule has 0 bridgehead atoms. The number of nitrogens with one attached hydrogen (secondary N) is 1. The zero-order valence-electron chi connectivity index (χ0n) is 36.2. The van der Waals surface area contributed by atoms with Crippen LogP contribution >= 0.6 is 0 Å². The molecule has 1 aliphatic rings. The second-order valence-corrected chi connectivity index (χ2v) is 17.5. The lowest BCUT2D eigenvalue weighted by Gasteiger charge is -2.41. The Balaban J connectivity index is 2.50. The summed E-state index contributed by atoms with van der Waals surface area (Å²) in [6.07, 6.45) is 25.9. The Morgan fingerprint density at radius 1 is 0.690 bits per heavy atom. The van der Waals surface area contributed by atoms with E-state index in [2.05, 4.69) is 23.3 Å². The van der Waals surface area contributed by atoms with Crippen molar-refractivity contribution in [3.8, 4) is 0 Å². The average molecular weight is 852 g/mol. The molecular weight excluding hydrogens is 767 g/mol. The molecule has 8 unspecified atom stereocenters. The SMILES string of the molecule is CCCCCCCCCC/C=C/C(O)C(COC1OC(CO)C(O)C(OS(=O)(=O)O)C1O)NC(=O)C(O)CCCCCCCCCCCCCCCCCCCCC. The molecule has 58 heavy (non-hydrogen) atoms. The first kappa shape index (κ1) is 54.8. The van der Waals surface area contributed by atoms with Crippen LogP contribution in [0.1, 0.15) is 200 Å². The van der Waals surface area contributed by atoms with Gasteiger partial charge in [-0.1, -0.05) is 193 Å². The monoisotopic (exact) mass is 852 g/mol. The van der Waals surface area contributed by atoms with Gasteiger partial charge in [-0.15, -0.1) is 0 Å². The summed E-state index contributed by atoms with van der Waals surface area (Å²) in [6, 6.07) is -1.11. The number of hydrogen-bond donors (Lipinski definition) is 7. The molecule has 0 aliphatic carbocycles. The molecule has 7 N–H and O–H groups in total. The summed E-state index contributed by atoms with van der Waals surface area (Å²) in [5.74, 6) is -0.701. The Kier molecular flexibility index (Phi) is 33.5. The second-order valence-electron chi connectivity index (χ2n) is 16.5. The third-order valence-electron chi connectivity index (χ3n) is 11.2. The molecule has 1 heterocycles. The first-order chi connectivity index (χ1) is 27.9. The molecular formula is C44H85NO12S. The highest BCUT2D eigenvalue weighted by Crippen LogP contribution is 2.26. The van der Waals surface area contributed by atoms with Gasteiger partial charge in [0.25, 0.3) is 0 Å². The smallest absolute Gasteiger partial charge is 0.394 e. The normalized spacial score (nSPS) is 21.7. The predicted octanol–water partition coefficient (Wildman–Crippen LogP) is 7.75. The van der Waals surface area contributed by atoms with Crippen LogP contribution in [0.5, 0.6) is 0 Å². The van der Waals surface area contributed by atoms with Crippen molar-refractivity contribution < 1.29 is 57.0 Å². The topological polar surface area (TPSA) is 212 Å². The Morgan fingerprint density at radius 3 is 1.55 bits per heavy atom. The summed E-state index contributed by atoms with van der Waals surface area (Å²) in [7, 11) is -5.11. The lowest BCUT2D eigenvalue weighted by Crippen LogP contribution is -2.61. The maximum absolute atomic E-state index is 13.1. The molecule has 14 heteroatoms. The molecule has 0 aromatic carbocycles. The number of aliphatic hydroxyl groups is 5. The van der Waals surface area contributed by atoms with E-state index in [1.165, 1.54) is 134 Å². The van der Waals surface area contributed by atoms with E-state index < -0.39 is 78.5 Å². The van der Waals surface area contributed by atoms with Crippen LogP contribution in [0.3, 0.4) is 0 Å². The number of carbonyl (C=O) groups excluding carboxylic acids is 1. The number of aliphatic hydroxyl groups excluding tert-OH is 5. The van der Waals surface area contributed by atoms with Crippen molar-refractivity contribution in [2.24, 2.45) is 0 Å². The van der Waals surface area contributed by atoms with Crippen LogP contribution in [0.4, 0.5) is 0 Å². The van der Waals surface area contributed by atoms with Gasteiger partial charge in [-0.2, -0.15) is 8.42 Å². The van der Waals surface area contributed by atoms with Crippen LogP contribution < -0.4 is 5.32 Å². The molecule has 8 atom stereocenters. The van der Waals surface area contributed by atoms with Gasteiger partial charge in [0.05, 0.1) is 25.4 Å². The summed E-state index contributed by atoms with van der Waals surface area (Å²) < 4.78 is 47.4. The second kappa shape index (κ2) is 35.4. The zero-order valence-corrected chi connectivity index (χ0v) is 37.1. The number of ether oxygens (including phenoxy) is 2. The van der Waals surface area contributed by atoms with Gasteiger partial charge in [0.2, 0.25) is 5.91 Å². The fourth-order valence-electron chi connectivity index (χ4n) is 7.46. The maximum atomic E-state index is 13.1. The number of unbranched alkanes of at least 4 members (excludes halogenated alkanes) is 26. The molecule has 0 saturated carbocycles. The Bertz CT molecular complexity index is 1110. The molecule has 1 amide bonds. The predicted molar refractivity (Wildman–Crippen MR) is 228 cm³/mol. The number of allylic oxidation sites excluding steroid dienone is 1. The first-order valence-corrected chi connectivity index (χ1v) is 24.5. The van der Waals surface area contributed by atoms with Gasteiger partial charge >= 0.3 is 10.4 Å². The van der Waals surface area contributed by atoms with E-state index in [0.717, 1.165) is 38.5 Å². The molecule has 1 aliphatic heterocycles. The lowest BCUT2D eigenvalue weighted by molar-refractivity contribution is -0.298. The summed E-state index contributed by atoms with van der Waals surface area (Å²) >= 11 is 0. The Morgan fingerprint density at radius 2 is 1.12 bits per heavy atom. The van der Waals surface area contributed by atoms with Crippen molar-refractivity contribution in [3.63, 3.8) is 0 Å². The van der Waals surface area contributed by atoms with Gasteiger partial charge in [0.15, 0.2) is 6.29 Å². The third-order valence-corrected chi connectivity index (χ3v) is 11.6. The van der Waals surface area contributed by atoms with Crippen molar-refractivity contribution in [1.82, 2.24) is 5.32 Å². The summed E-state index contributed by atoms with van der Waals surface area (Å²) in [4.78, 5) is 13.1. The van der Waals surface area contributed by atoms with Gasteiger partial charge < -0.3 is 40.3 Å². The number of amides is 1. The minimum Gasteiger partial charge on any atom is -0.394 e. The molecule has 13 nitrogen and oxygen atoms in total. The largest absolute Gasteiger partial charge is 0.397 e. The molecule has 1 saturated heterocycles. The average Bonchev–Trinajstić information content (AvgIpc) is 3.19. The van der Waals surface area contributed by atoms with Gasteiger partial charge in [0, 0.05) is 0 Å². The van der Waals surface area contributed by atoms with Crippen LogP contribution in [0.2, 0.25) is 0 Å². The molecule has 0 spiro atoms. The highest BCUT2D eigenvalue weighted by molar-refractivity contribution is 7.80. The van der Waals surface area contributed by atoms with Crippen molar-refractivity contribution in [2.75, 3.05) is 13.2 Å². The molecule has 344 valence electrons. The first-order valence-electron chi connectivity index (χ1n) is 23.2. The summed E-state index contributed by atoms with van der Waals surface area (Å²) in [5, 5.41) is 55.1. The molecule has 1 fully saturated rings. The number of carbonyl (C=O) groups is 1. The molecule has 0 radical (unpaired) electrons. The van der Waals surface area contributed by atoms with Crippen LogP contribution in [0.25, 0.3) is 0 Å². The zero-order chi connectivity index (χ0) is 42.9. The molecule has 0 aromatic rings. The fourth-order valence-corrected chi connectivity index (χ4v) is 7.97. The summed E-state index contributed by atoms with van der Waals surface area (Å²) in [6.45, 7) is 3.19. The van der Waals surface area contributed by atoms with E-state index >= 15 is 0 Å². The van der Waals surface area contributed by atoms with E-state index in [1.54, 1.807) is 0 Å². The fraction of sp³-hybridized carbons (Fsp3) is 0.932. The van der Waals surface area contributed by atoms with Crippen LogP contribution in [0.15, 0.2) is 12.2 Å². The van der Waals surface area contributed by atoms with Crippen molar-refractivity contribution in [3.05, 3.63) is 12.2 Å². The van der Waals surface area contributed by atoms with E-state index in [-0.39, 0.29) is 6.42 Å². The Labute approximate surface area is 352 Å². The quantitative estimate of drug-likeness (QED) is 0.0180. The van der Waals surface area contributed by atoms with Crippen LogP contribution in [-0.2, 0) is 28.9 Å². The van der Waals surface area contributed by atoms with E-state index in [0.29, 0.717) is 12.8 Å². The summed E-state index contributed by atoms with van der Waals surface area (Å²) in [5.41, 5.74) is 0. The minimum atomic E-state index is -5.11. The van der Waals surface area contributed by atoms with Gasteiger partial charge in [-0.05, 0) is 19.3 Å². The van der Waals surface area contributed by atoms with E-state index in [9.17, 15) is 38.7 Å². The minimum absolute atomic E-state index is 0.248. The highest BCUT2D eigenvalue weighted by atomic mass is 32.3. The van der Waals surface area contributed by atoms with Crippen molar-refractivity contribution >= 4 is 16.3 Å². The van der Waals surface area contributed by atoms with Crippen molar-refractivity contribution in [2.45, 2.75) is 249 Å². The van der Waals surface area contributed by atoms with E-state index in [4.69, 9.17) is 14.0 Å². The number of rotatable bonds is 39. The van der Waals surface area contributed by atoms with Crippen molar-refractivity contribution in [1.29, 1.82) is 0 Å². The lowest BCUT2D eigenvalue weighted by atomic mass is 9.99. The van der Waals surface area contributed by atoms with Gasteiger partial charge in [-0.3, -0.25) is 9.35 Å². The molecule has 1 rings (SSSR count). The van der Waals surface area contributed by atoms with Crippen LogP contribution in [0, 0.1) is 0 Å². The molecule has 0 aromatic heterocycles. The Hall–Kier alpha value is -1.20. The standard InChI is InChI=1S/C44H85NO12S/c1-3-5-7-9-11-13-15-16-17-18-19-20-21-22-23-25-27-29-31-33-38(48)43(51)45-36(37(47)32-30-28-26-24-14-12-10-8-6-4-2)35-55-44-41(50)42(57-58(52,53)54)40(49)39(34-46)56-44/h30,32,36-42,44,46-50H,3-29,31,33-35H2,1-2H3,(H,45,51)(H,52,53,54)/b32-30+. The maximum Gasteiger partial charge on any atom is 0.397 e. The highest BCUT2D eigenvalue weighted by Gasteiger charge is 2.48. The van der Waals surface area contributed by atoms with Crippen LogP contribution in [-0.4, -0.2) is 107 Å². The van der Waals surface area contributed by atoms with Gasteiger partial charge in [-0.25, -0.2) is 4.18 Å². The van der Waals surface area contributed by atoms with Gasteiger partial charge in [0.1, 0.15) is 30.5 Å². The number of hydrogen-bond acceptors (Lipinski definition) is 11.